The average Bonchev–Trinajstić information content (AvgIpc) is 3.08. The van der Waals surface area contributed by atoms with Crippen molar-refractivity contribution in [2.45, 2.75) is 66.0 Å². The van der Waals surface area contributed by atoms with Crippen molar-refractivity contribution < 1.29 is 18.7 Å². The number of rotatable bonds is 5. The zero-order chi connectivity index (χ0) is 21.1. The normalized spacial score (nSPS) is 16.5. The summed E-state index contributed by atoms with van der Waals surface area (Å²) in [7, 11) is 0. The van der Waals surface area contributed by atoms with Crippen molar-refractivity contribution in [3.8, 4) is 0 Å². The molecule has 0 saturated carbocycles. The van der Waals surface area contributed by atoms with Gasteiger partial charge in [0.2, 0.25) is 11.8 Å². The first-order chi connectivity index (χ1) is 13.0. The molecule has 1 aliphatic heterocycles. The Labute approximate surface area is 166 Å². The lowest BCUT2D eigenvalue weighted by Crippen LogP contribution is -2.57. The maximum Gasteiger partial charge on any atom is 0.408 e. The van der Waals surface area contributed by atoms with E-state index in [1.54, 1.807) is 25.7 Å². The summed E-state index contributed by atoms with van der Waals surface area (Å²) in [6, 6.07) is -0.138. The standard InChI is InChI=1S/C19H33N5O4/c1-12(2)14(20-18(26)28-19(5,6)7)16(25)23-8-10-24(11-9-23)17-22-21-15(27-17)13(3)4/h12-14H,8-11H2,1-7H3,(H,20,26). The molecule has 0 bridgehead atoms. The Kier molecular flexibility index (Phi) is 6.90. The summed E-state index contributed by atoms with van der Waals surface area (Å²) in [6.07, 6.45) is -0.578. The number of alkyl carbamates (subject to hydrolysis) is 1. The molecule has 1 aromatic rings. The Morgan fingerprint density at radius 2 is 1.68 bits per heavy atom. The third kappa shape index (κ3) is 5.84. The average molecular weight is 396 g/mol. The summed E-state index contributed by atoms with van der Waals surface area (Å²) < 4.78 is 11.0. The second kappa shape index (κ2) is 8.79. The molecule has 0 radical (unpaired) electrons. The first-order valence-electron chi connectivity index (χ1n) is 9.84. The fourth-order valence-corrected chi connectivity index (χ4v) is 2.85. The van der Waals surface area contributed by atoms with Gasteiger partial charge < -0.3 is 24.3 Å². The van der Waals surface area contributed by atoms with E-state index in [4.69, 9.17) is 9.15 Å². The molecule has 158 valence electrons. The summed E-state index contributed by atoms with van der Waals surface area (Å²) in [6.45, 7) is 15.4. The lowest BCUT2D eigenvalue weighted by Gasteiger charge is -2.36. The number of nitrogens with zero attached hydrogens (tertiary/aromatic N) is 4. The van der Waals surface area contributed by atoms with Crippen LogP contribution in [0.15, 0.2) is 4.42 Å². The first kappa shape index (κ1) is 22.0. The highest BCUT2D eigenvalue weighted by molar-refractivity contribution is 5.86. The number of aromatic nitrogens is 2. The van der Waals surface area contributed by atoms with Gasteiger partial charge in [-0.15, -0.1) is 5.10 Å². The van der Waals surface area contributed by atoms with Crippen LogP contribution in [0, 0.1) is 5.92 Å². The highest BCUT2D eigenvalue weighted by atomic mass is 16.6. The van der Waals surface area contributed by atoms with E-state index in [9.17, 15) is 9.59 Å². The van der Waals surface area contributed by atoms with Crippen molar-refractivity contribution in [1.29, 1.82) is 0 Å². The van der Waals surface area contributed by atoms with E-state index in [-0.39, 0.29) is 17.7 Å². The lowest BCUT2D eigenvalue weighted by molar-refractivity contribution is -0.134. The summed E-state index contributed by atoms with van der Waals surface area (Å²) in [4.78, 5) is 28.8. The van der Waals surface area contributed by atoms with Gasteiger partial charge in [-0.05, 0) is 26.7 Å². The van der Waals surface area contributed by atoms with Gasteiger partial charge in [0.15, 0.2) is 0 Å². The molecule has 2 amide bonds. The summed E-state index contributed by atoms with van der Waals surface area (Å²) >= 11 is 0. The second-order valence-corrected chi connectivity index (χ2v) is 8.76. The van der Waals surface area contributed by atoms with E-state index in [1.165, 1.54) is 0 Å². The Balaban J connectivity index is 1.95. The highest BCUT2D eigenvalue weighted by Gasteiger charge is 2.32. The minimum Gasteiger partial charge on any atom is -0.444 e. The second-order valence-electron chi connectivity index (χ2n) is 8.76. The molecular formula is C19H33N5O4. The van der Waals surface area contributed by atoms with E-state index in [0.717, 1.165) is 0 Å². The van der Waals surface area contributed by atoms with Crippen LogP contribution < -0.4 is 10.2 Å². The Bertz CT molecular complexity index is 672. The molecule has 1 aliphatic rings. The van der Waals surface area contributed by atoms with Crippen LogP contribution in [-0.2, 0) is 9.53 Å². The van der Waals surface area contributed by atoms with Gasteiger partial charge in [0.25, 0.3) is 0 Å². The fourth-order valence-electron chi connectivity index (χ4n) is 2.85. The van der Waals surface area contributed by atoms with Crippen molar-refractivity contribution in [3.63, 3.8) is 0 Å². The molecule has 1 N–H and O–H groups in total. The van der Waals surface area contributed by atoms with Crippen molar-refractivity contribution in [1.82, 2.24) is 20.4 Å². The Morgan fingerprint density at radius 3 is 2.14 bits per heavy atom. The summed E-state index contributed by atoms with van der Waals surface area (Å²) in [5, 5.41) is 10.9. The summed E-state index contributed by atoms with van der Waals surface area (Å²) in [5.41, 5.74) is -0.612. The van der Waals surface area contributed by atoms with E-state index in [0.29, 0.717) is 38.1 Å². The van der Waals surface area contributed by atoms with Gasteiger partial charge in [-0.25, -0.2) is 4.79 Å². The van der Waals surface area contributed by atoms with Crippen LogP contribution in [0.2, 0.25) is 0 Å². The van der Waals surface area contributed by atoms with Crippen LogP contribution in [0.4, 0.5) is 10.8 Å². The number of hydrogen-bond acceptors (Lipinski definition) is 7. The van der Waals surface area contributed by atoms with Gasteiger partial charge in [-0.1, -0.05) is 32.8 Å². The van der Waals surface area contributed by atoms with Gasteiger partial charge in [0.1, 0.15) is 11.6 Å². The van der Waals surface area contributed by atoms with E-state index < -0.39 is 17.7 Å². The maximum atomic E-state index is 13.0. The van der Waals surface area contributed by atoms with Gasteiger partial charge in [0.05, 0.1) is 0 Å². The van der Waals surface area contributed by atoms with Gasteiger partial charge in [-0.2, -0.15) is 0 Å². The smallest absolute Gasteiger partial charge is 0.408 e. The first-order valence-corrected chi connectivity index (χ1v) is 9.84. The van der Waals surface area contributed by atoms with Crippen LogP contribution in [-0.4, -0.2) is 64.9 Å². The zero-order valence-electron chi connectivity index (χ0n) is 18.0. The number of anilines is 1. The van der Waals surface area contributed by atoms with Crippen molar-refractivity contribution in [3.05, 3.63) is 5.89 Å². The molecule has 2 rings (SSSR count). The number of piperazine rings is 1. The van der Waals surface area contributed by atoms with E-state index in [2.05, 4.69) is 15.5 Å². The van der Waals surface area contributed by atoms with Crippen LogP contribution in [0.5, 0.6) is 0 Å². The Hall–Kier alpha value is -2.32. The highest BCUT2D eigenvalue weighted by Crippen LogP contribution is 2.20. The summed E-state index contributed by atoms with van der Waals surface area (Å²) in [5.74, 6) is 0.626. The lowest BCUT2D eigenvalue weighted by atomic mass is 10.0. The molecule has 0 aromatic carbocycles. The van der Waals surface area contributed by atoms with E-state index >= 15 is 0 Å². The monoisotopic (exact) mass is 395 g/mol. The molecule has 1 fully saturated rings. The number of hydrogen-bond donors (Lipinski definition) is 1. The Morgan fingerprint density at radius 1 is 1.07 bits per heavy atom. The van der Waals surface area contributed by atoms with E-state index in [1.807, 2.05) is 32.6 Å². The quantitative estimate of drug-likeness (QED) is 0.817. The number of amides is 2. The van der Waals surface area contributed by atoms with Gasteiger partial charge >= 0.3 is 12.1 Å². The molecule has 1 saturated heterocycles. The number of ether oxygens (including phenoxy) is 1. The van der Waals surface area contributed by atoms with Crippen LogP contribution in [0.3, 0.4) is 0 Å². The van der Waals surface area contributed by atoms with Crippen molar-refractivity contribution in [2.24, 2.45) is 5.92 Å². The largest absolute Gasteiger partial charge is 0.444 e. The maximum absolute atomic E-state index is 13.0. The molecule has 28 heavy (non-hydrogen) atoms. The molecule has 0 aliphatic carbocycles. The predicted octanol–water partition coefficient (Wildman–Crippen LogP) is 2.39. The third-order valence-electron chi connectivity index (χ3n) is 4.39. The van der Waals surface area contributed by atoms with Gasteiger partial charge in [0, 0.05) is 32.1 Å². The molecular weight excluding hydrogens is 362 g/mol. The van der Waals surface area contributed by atoms with Crippen LogP contribution in [0.25, 0.3) is 0 Å². The fraction of sp³-hybridized carbons (Fsp3) is 0.789. The third-order valence-corrected chi connectivity index (χ3v) is 4.39. The molecule has 2 heterocycles. The van der Waals surface area contributed by atoms with Gasteiger partial charge in [-0.3, -0.25) is 4.79 Å². The molecule has 9 heteroatoms. The zero-order valence-corrected chi connectivity index (χ0v) is 18.0. The van der Waals surface area contributed by atoms with Crippen LogP contribution in [0.1, 0.15) is 60.3 Å². The molecule has 1 atom stereocenters. The molecule has 9 nitrogen and oxygen atoms in total. The molecule has 1 unspecified atom stereocenters. The van der Waals surface area contributed by atoms with Crippen molar-refractivity contribution in [2.75, 3.05) is 31.1 Å². The van der Waals surface area contributed by atoms with Crippen molar-refractivity contribution >= 4 is 18.0 Å². The number of carbonyl (C=O) groups is 2. The topological polar surface area (TPSA) is 101 Å². The minimum absolute atomic E-state index is 0.0532. The number of nitrogens with one attached hydrogen (secondary N) is 1. The molecule has 1 aromatic heterocycles. The van der Waals surface area contributed by atoms with Crippen LogP contribution >= 0.6 is 0 Å². The SMILES string of the molecule is CC(C)c1nnc(N2CCN(C(=O)C(NC(=O)OC(C)(C)C)C(C)C)CC2)o1. The minimum atomic E-state index is -0.627. The molecule has 0 spiro atoms. The predicted molar refractivity (Wildman–Crippen MR) is 105 cm³/mol. The number of carbonyl (C=O) groups excluding carboxylic acids is 2.